The van der Waals surface area contributed by atoms with Crippen molar-refractivity contribution in [2.24, 2.45) is 5.73 Å². The Labute approximate surface area is 70.8 Å². The normalized spacial score (nSPS) is 10.8. The van der Waals surface area contributed by atoms with Crippen molar-refractivity contribution in [3.63, 3.8) is 0 Å². The van der Waals surface area contributed by atoms with Gasteiger partial charge in [0.15, 0.2) is 0 Å². The molecule has 0 heterocycles. The average Bonchev–Trinajstić information content (AvgIpc) is 2.03. The van der Waals surface area contributed by atoms with Gasteiger partial charge in [0.05, 0.1) is 0 Å². The van der Waals surface area contributed by atoms with Crippen molar-refractivity contribution in [2.45, 2.75) is 0 Å². The average molecular weight is 165 g/mol. The summed E-state index contributed by atoms with van der Waals surface area (Å²) in [6.07, 6.45) is 3.43. The Morgan fingerprint density at radius 2 is 2.08 bits per heavy atom. The van der Waals surface area contributed by atoms with Crippen molar-refractivity contribution in [3.05, 3.63) is 29.8 Å². The summed E-state index contributed by atoms with van der Waals surface area (Å²) in [5.74, 6) is 0.108. The van der Waals surface area contributed by atoms with E-state index in [9.17, 15) is 5.11 Å². The standard InChI is InChI=1S/C9H11NO2/c10-5-1-2-7-3-4-8(11)6-9(7)12/h1-4,6,11-12H,5,10H2/b2-1+. The van der Waals surface area contributed by atoms with E-state index < -0.39 is 0 Å². The van der Waals surface area contributed by atoms with E-state index in [1.54, 1.807) is 18.2 Å². The zero-order valence-corrected chi connectivity index (χ0v) is 6.57. The molecule has 0 bridgehead atoms. The second-order valence-corrected chi connectivity index (χ2v) is 2.38. The van der Waals surface area contributed by atoms with E-state index in [0.29, 0.717) is 12.1 Å². The number of nitrogens with two attached hydrogens (primary N) is 1. The molecule has 0 amide bonds. The summed E-state index contributed by atoms with van der Waals surface area (Å²) in [7, 11) is 0. The van der Waals surface area contributed by atoms with Crippen LogP contribution in [-0.4, -0.2) is 16.8 Å². The van der Waals surface area contributed by atoms with Crippen LogP contribution in [0.4, 0.5) is 0 Å². The molecule has 4 N–H and O–H groups in total. The first kappa shape index (κ1) is 8.62. The Morgan fingerprint density at radius 3 is 2.67 bits per heavy atom. The highest BCUT2D eigenvalue weighted by Crippen LogP contribution is 2.23. The summed E-state index contributed by atoms with van der Waals surface area (Å²) >= 11 is 0. The van der Waals surface area contributed by atoms with Crippen molar-refractivity contribution in [2.75, 3.05) is 6.54 Å². The highest BCUT2D eigenvalue weighted by molar-refractivity contribution is 5.58. The van der Waals surface area contributed by atoms with Crippen LogP contribution in [0.2, 0.25) is 0 Å². The van der Waals surface area contributed by atoms with Gasteiger partial charge in [0, 0.05) is 18.2 Å². The van der Waals surface area contributed by atoms with Crippen LogP contribution in [0.5, 0.6) is 11.5 Å². The number of hydrogen-bond donors (Lipinski definition) is 3. The Kier molecular flexibility index (Phi) is 2.71. The first-order valence-electron chi connectivity index (χ1n) is 3.62. The fourth-order valence-electron chi connectivity index (χ4n) is 0.868. The molecule has 3 heteroatoms. The Morgan fingerprint density at radius 1 is 1.33 bits per heavy atom. The fraction of sp³-hybridized carbons (Fsp3) is 0.111. The molecule has 0 aliphatic heterocycles. The van der Waals surface area contributed by atoms with Gasteiger partial charge in [-0.2, -0.15) is 0 Å². The highest BCUT2D eigenvalue weighted by atomic mass is 16.3. The van der Waals surface area contributed by atoms with Crippen LogP contribution < -0.4 is 5.73 Å². The van der Waals surface area contributed by atoms with Crippen molar-refractivity contribution in [3.8, 4) is 11.5 Å². The maximum absolute atomic E-state index is 9.27. The van der Waals surface area contributed by atoms with Gasteiger partial charge in [-0.1, -0.05) is 12.2 Å². The van der Waals surface area contributed by atoms with Gasteiger partial charge in [-0.25, -0.2) is 0 Å². The first-order chi connectivity index (χ1) is 5.74. The topological polar surface area (TPSA) is 66.5 Å². The molecule has 1 aromatic rings. The third-order valence-corrected chi connectivity index (χ3v) is 1.45. The maximum atomic E-state index is 9.27. The summed E-state index contributed by atoms with van der Waals surface area (Å²) in [6.45, 7) is 0.431. The third-order valence-electron chi connectivity index (χ3n) is 1.45. The fourth-order valence-corrected chi connectivity index (χ4v) is 0.868. The molecule has 0 aliphatic carbocycles. The molecule has 3 nitrogen and oxygen atoms in total. The molecule has 0 spiro atoms. The van der Waals surface area contributed by atoms with E-state index in [2.05, 4.69) is 0 Å². The zero-order valence-electron chi connectivity index (χ0n) is 6.57. The van der Waals surface area contributed by atoms with Gasteiger partial charge in [-0.3, -0.25) is 0 Å². The molecule has 1 aromatic carbocycles. The number of phenols is 2. The van der Waals surface area contributed by atoms with Crippen LogP contribution >= 0.6 is 0 Å². The second-order valence-electron chi connectivity index (χ2n) is 2.38. The molecular formula is C9H11NO2. The van der Waals surface area contributed by atoms with Crippen LogP contribution in [0.25, 0.3) is 6.08 Å². The number of benzene rings is 1. The van der Waals surface area contributed by atoms with Gasteiger partial charge in [-0.05, 0) is 12.1 Å². The van der Waals surface area contributed by atoms with Gasteiger partial charge < -0.3 is 15.9 Å². The minimum atomic E-state index is 0.0531. The summed E-state index contributed by atoms with van der Waals surface area (Å²) in [5.41, 5.74) is 5.89. The molecule has 0 fully saturated rings. The third kappa shape index (κ3) is 2.00. The Hall–Kier alpha value is -1.48. The van der Waals surface area contributed by atoms with Crippen molar-refractivity contribution >= 4 is 6.08 Å². The highest BCUT2D eigenvalue weighted by Gasteiger charge is 1.96. The second kappa shape index (κ2) is 3.78. The largest absolute Gasteiger partial charge is 0.508 e. The SMILES string of the molecule is NC/C=C/c1ccc(O)cc1O. The molecule has 0 atom stereocenters. The van der Waals surface area contributed by atoms with E-state index in [-0.39, 0.29) is 11.5 Å². The molecule has 0 aliphatic rings. The summed E-state index contributed by atoms with van der Waals surface area (Å²) in [5, 5.41) is 18.2. The molecule has 1 rings (SSSR count). The van der Waals surface area contributed by atoms with Gasteiger partial charge >= 0.3 is 0 Å². The number of aromatic hydroxyl groups is 2. The van der Waals surface area contributed by atoms with Crippen LogP contribution in [0.15, 0.2) is 24.3 Å². The lowest BCUT2D eigenvalue weighted by Gasteiger charge is -1.98. The van der Waals surface area contributed by atoms with E-state index in [4.69, 9.17) is 10.8 Å². The summed E-state index contributed by atoms with van der Waals surface area (Å²) in [4.78, 5) is 0. The first-order valence-corrected chi connectivity index (χ1v) is 3.62. The number of phenolic OH excluding ortho intramolecular Hbond substituents is 2. The lowest BCUT2D eigenvalue weighted by atomic mass is 10.2. The smallest absolute Gasteiger partial charge is 0.126 e. The molecule has 0 saturated heterocycles. The molecular weight excluding hydrogens is 154 g/mol. The van der Waals surface area contributed by atoms with Gasteiger partial charge in [0.1, 0.15) is 11.5 Å². The maximum Gasteiger partial charge on any atom is 0.126 e. The predicted octanol–water partition coefficient (Wildman–Crippen LogP) is 1.07. The summed E-state index contributed by atoms with van der Waals surface area (Å²) < 4.78 is 0. The summed E-state index contributed by atoms with van der Waals surface area (Å²) in [6, 6.07) is 4.42. The van der Waals surface area contributed by atoms with Gasteiger partial charge in [0.25, 0.3) is 0 Å². The number of rotatable bonds is 2. The van der Waals surface area contributed by atoms with Crippen molar-refractivity contribution < 1.29 is 10.2 Å². The Balaban J connectivity index is 2.94. The van der Waals surface area contributed by atoms with Crippen LogP contribution in [0, 0.1) is 0 Å². The Bertz CT molecular complexity index is 295. The van der Waals surface area contributed by atoms with E-state index in [1.165, 1.54) is 12.1 Å². The molecule has 0 aromatic heterocycles. The van der Waals surface area contributed by atoms with Crippen molar-refractivity contribution in [1.82, 2.24) is 0 Å². The van der Waals surface area contributed by atoms with Gasteiger partial charge in [-0.15, -0.1) is 0 Å². The van der Waals surface area contributed by atoms with E-state index in [1.807, 2.05) is 0 Å². The minimum absolute atomic E-state index is 0.0531. The number of hydrogen-bond acceptors (Lipinski definition) is 3. The molecule has 0 radical (unpaired) electrons. The van der Waals surface area contributed by atoms with E-state index >= 15 is 0 Å². The lowest BCUT2D eigenvalue weighted by molar-refractivity contribution is 0.450. The molecule has 0 saturated carbocycles. The lowest BCUT2D eigenvalue weighted by Crippen LogP contribution is -1.91. The van der Waals surface area contributed by atoms with Crippen molar-refractivity contribution in [1.29, 1.82) is 0 Å². The quantitative estimate of drug-likeness (QED) is 0.614. The van der Waals surface area contributed by atoms with Gasteiger partial charge in [0.2, 0.25) is 0 Å². The monoisotopic (exact) mass is 165 g/mol. The zero-order chi connectivity index (χ0) is 8.97. The minimum Gasteiger partial charge on any atom is -0.508 e. The molecule has 64 valence electrons. The molecule has 12 heavy (non-hydrogen) atoms. The van der Waals surface area contributed by atoms with E-state index in [0.717, 1.165) is 0 Å². The van der Waals surface area contributed by atoms with Crippen LogP contribution in [-0.2, 0) is 0 Å². The predicted molar refractivity (Wildman–Crippen MR) is 47.9 cm³/mol. The van der Waals surface area contributed by atoms with Crippen LogP contribution in [0.1, 0.15) is 5.56 Å². The molecule has 0 unspecified atom stereocenters. The van der Waals surface area contributed by atoms with Crippen LogP contribution in [0.3, 0.4) is 0 Å².